The lowest BCUT2D eigenvalue weighted by molar-refractivity contribution is -0.125. The van der Waals surface area contributed by atoms with Crippen LogP contribution in [0.2, 0.25) is 5.02 Å². The van der Waals surface area contributed by atoms with E-state index in [1.165, 1.54) is 0 Å². The fourth-order valence-corrected chi connectivity index (χ4v) is 2.98. The summed E-state index contributed by atoms with van der Waals surface area (Å²) in [6, 6.07) is 1.93. The van der Waals surface area contributed by atoms with Gasteiger partial charge >= 0.3 is 0 Å². The van der Waals surface area contributed by atoms with E-state index < -0.39 is 0 Å². The van der Waals surface area contributed by atoms with Crippen molar-refractivity contribution in [3.8, 4) is 0 Å². The Morgan fingerprint density at radius 2 is 2.28 bits per heavy atom. The fourth-order valence-electron chi connectivity index (χ4n) is 2.78. The highest BCUT2D eigenvalue weighted by atomic mass is 35.5. The second-order valence-corrected chi connectivity index (χ2v) is 6.02. The standard InChI is InChI=1S/C15H20ClNO/c1-10(2)11-3-4-15(18)13(7-11)8-12-5-6-17-9-14(12)16/h5-6,9-11,13H,3-4,7-8H2,1-2H3. The van der Waals surface area contributed by atoms with Crippen molar-refractivity contribution in [2.24, 2.45) is 17.8 Å². The normalized spacial score (nSPS) is 24.6. The summed E-state index contributed by atoms with van der Waals surface area (Å²) in [5, 5.41) is 0.678. The van der Waals surface area contributed by atoms with Gasteiger partial charge < -0.3 is 0 Å². The zero-order chi connectivity index (χ0) is 13.1. The highest BCUT2D eigenvalue weighted by Crippen LogP contribution is 2.34. The van der Waals surface area contributed by atoms with Gasteiger partial charge in [0.15, 0.2) is 0 Å². The summed E-state index contributed by atoms with van der Waals surface area (Å²) in [7, 11) is 0. The second kappa shape index (κ2) is 5.83. The fraction of sp³-hybridized carbons (Fsp3) is 0.600. The van der Waals surface area contributed by atoms with E-state index in [1.54, 1.807) is 12.4 Å². The number of nitrogens with zero attached hydrogens (tertiary/aromatic N) is 1. The Bertz CT molecular complexity index is 430. The van der Waals surface area contributed by atoms with E-state index in [0.29, 0.717) is 22.6 Å². The molecule has 1 aromatic rings. The highest BCUT2D eigenvalue weighted by molar-refractivity contribution is 6.31. The van der Waals surface area contributed by atoms with Gasteiger partial charge in [0, 0.05) is 24.7 Å². The van der Waals surface area contributed by atoms with Crippen molar-refractivity contribution in [1.82, 2.24) is 4.98 Å². The number of aromatic nitrogens is 1. The summed E-state index contributed by atoms with van der Waals surface area (Å²) in [6.45, 7) is 4.49. The third-order valence-electron chi connectivity index (χ3n) is 4.07. The molecule has 1 saturated carbocycles. The average molecular weight is 266 g/mol. The Morgan fingerprint density at radius 3 is 2.94 bits per heavy atom. The van der Waals surface area contributed by atoms with Crippen LogP contribution in [0.4, 0.5) is 0 Å². The van der Waals surface area contributed by atoms with Crippen LogP contribution in [0.3, 0.4) is 0 Å². The molecule has 1 aromatic heterocycles. The minimum absolute atomic E-state index is 0.144. The van der Waals surface area contributed by atoms with Gasteiger partial charge in [-0.25, -0.2) is 0 Å². The molecule has 2 unspecified atom stereocenters. The van der Waals surface area contributed by atoms with E-state index in [2.05, 4.69) is 18.8 Å². The van der Waals surface area contributed by atoms with Crippen molar-refractivity contribution in [2.75, 3.05) is 0 Å². The van der Waals surface area contributed by atoms with Gasteiger partial charge in [-0.05, 0) is 42.7 Å². The van der Waals surface area contributed by atoms with E-state index in [-0.39, 0.29) is 5.92 Å². The number of hydrogen-bond donors (Lipinski definition) is 0. The summed E-state index contributed by atoms with van der Waals surface area (Å²) in [5.41, 5.74) is 1.05. The maximum absolute atomic E-state index is 12.0. The summed E-state index contributed by atoms with van der Waals surface area (Å²) in [6.07, 6.45) is 6.96. The van der Waals surface area contributed by atoms with Gasteiger partial charge in [-0.3, -0.25) is 9.78 Å². The maximum atomic E-state index is 12.0. The van der Waals surface area contributed by atoms with Crippen LogP contribution in [0.15, 0.2) is 18.5 Å². The zero-order valence-electron chi connectivity index (χ0n) is 11.0. The van der Waals surface area contributed by atoms with Crippen LogP contribution in [0.5, 0.6) is 0 Å². The van der Waals surface area contributed by atoms with Crippen LogP contribution >= 0.6 is 11.6 Å². The van der Waals surface area contributed by atoms with E-state index >= 15 is 0 Å². The maximum Gasteiger partial charge on any atom is 0.136 e. The lowest BCUT2D eigenvalue weighted by Gasteiger charge is -2.30. The van der Waals surface area contributed by atoms with Gasteiger partial charge in [0.1, 0.15) is 5.78 Å². The van der Waals surface area contributed by atoms with Crippen LogP contribution in [0.1, 0.15) is 38.7 Å². The molecule has 0 amide bonds. The quantitative estimate of drug-likeness (QED) is 0.829. The molecule has 2 nitrogen and oxygen atoms in total. The van der Waals surface area contributed by atoms with Crippen molar-refractivity contribution in [3.63, 3.8) is 0 Å². The van der Waals surface area contributed by atoms with E-state index in [9.17, 15) is 4.79 Å². The Kier molecular flexibility index (Phi) is 4.39. The third-order valence-corrected chi connectivity index (χ3v) is 4.41. The van der Waals surface area contributed by atoms with E-state index in [0.717, 1.165) is 31.2 Å². The molecule has 0 N–H and O–H groups in total. The molecule has 0 aliphatic heterocycles. The Morgan fingerprint density at radius 1 is 1.50 bits per heavy atom. The highest BCUT2D eigenvalue weighted by Gasteiger charge is 2.30. The van der Waals surface area contributed by atoms with E-state index in [1.807, 2.05) is 6.07 Å². The molecule has 1 fully saturated rings. The number of carbonyl (C=O) groups excluding carboxylic acids is 1. The topological polar surface area (TPSA) is 30.0 Å². The Hall–Kier alpha value is -0.890. The third kappa shape index (κ3) is 3.11. The molecular formula is C15H20ClNO. The van der Waals surface area contributed by atoms with Crippen molar-refractivity contribution in [3.05, 3.63) is 29.0 Å². The first-order valence-corrected chi connectivity index (χ1v) is 7.06. The molecule has 98 valence electrons. The van der Waals surface area contributed by atoms with Crippen molar-refractivity contribution < 1.29 is 4.79 Å². The molecular weight excluding hydrogens is 246 g/mol. The smallest absolute Gasteiger partial charge is 0.136 e. The Balaban J connectivity index is 2.07. The molecule has 0 radical (unpaired) electrons. The summed E-state index contributed by atoms with van der Waals surface area (Å²) < 4.78 is 0. The lowest BCUT2D eigenvalue weighted by atomic mass is 9.74. The first-order valence-electron chi connectivity index (χ1n) is 6.69. The van der Waals surface area contributed by atoms with Crippen LogP contribution < -0.4 is 0 Å². The molecule has 0 spiro atoms. The molecule has 0 bridgehead atoms. The second-order valence-electron chi connectivity index (χ2n) is 5.61. The molecule has 1 heterocycles. The number of halogens is 1. The van der Waals surface area contributed by atoms with E-state index in [4.69, 9.17) is 11.6 Å². The molecule has 1 aliphatic rings. The summed E-state index contributed by atoms with van der Waals surface area (Å²) in [5.74, 6) is 1.88. The number of ketones is 1. The predicted molar refractivity (Wildman–Crippen MR) is 73.6 cm³/mol. The largest absolute Gasteiger partial charge is 0.299 e. The first-order chi connectivity index (χ1) is 8.58. The molecule has 2 rings (SSSR count). The van der Waals surface area contributed by atoms with Crippen molar-refractivity contribution in [2.45, 2.75) is 39.5 Å². The zero-order valence-corrected chi connectivity index (χ0v) is 11.8. The van der Waals surface area contributed by atoms with Gasteiger partial charge in [0.25, 0.3) is 0 Å². The average Bonchev–Trinajstić information content (AvgIpc) is 2.34. The molecule has 0 aromatic carbocycles. The number of rotatable bonds is 3. The van der Waals surface area contributed by atoms with Crippen LogP contribution in [-0.2, 0) is 11.2 Å². The van der Waals surface area contributed by atoms with Gasteiger partial charge in [-0.2, -0.15) is 0 Å². The van der Waals surface area contributed by atoms with Crippen molar-refractivity contribution in [1.29, 1.82) is 0 Å². The number of Topliss-reactive ketones (excluding diaryl/α,β-unsaturated/α-hetero) is 1. The van der Waals surface area contributed by atoms with Gasteiger partial charge in [-0.15, -0.1) is 0 Å². The van der Waals surface area contributed by atoms with Crippen LogP contribution in [0, 0.1) is 17.8 Å². The van der Waals surface area contributed by atoms with Crippen molar-refractivity contribution >= 4 is 17.4 Å². The van der Waals surface area contributed by atoms with Crippen LogP contribution in [0.25, 0.3) is 0 Å². The summed E-state index contributed by atoms with van der Waals surface area (Å²) in [4.78, 5) is 16.0. The molecule has 2 atom stereocenters. The monoisotopic (exact) mass is 265 g/mol. The van der Waals surface area contributed by atoms with Gasteiger partial charge in [-0.1, -0.05) is 25.4 Å². The van der Waals surface area contributed by atoms with Gasteiger partial charge in [0.2, 0.25) is 0 Å². The minimum Gasteiger partial charge on any atom is -0.299 e. The lowest BCUT2D eigenvalue weighted by Crippen LogP contribution is -2.29. The van der Waals surface area contributed by atoms with Gasteiger partial charge in [0.05, 0.1) is 5.02 Å². The predicted octanol–water partition coefficient (Wildman–Crippen LogP) is 3.92. The number of carbonyl (C=O) groups is 1. The Labute approximate surface area is 114 Å². The summed E-state index contributed by atoms with van der Waals surface area (Å²) >= 11 is 6.12. The SMILES string of the molecule is CC(C)C1CCC(=O)C(Cc2ccncc2Cl)C1. The molecule has 18 heavy (non-hydrogen) atoms. The number of pyridine rings is 1. The molecule has 0 saturated heterocycles. The molecule has 1 aliphatic carbocycles. The minimum atomic E-state index is 0.144. The number of hydrogen-bond acceptors (Lipinski definition) is 2. The first kappa shape index (κ1) is 13.5. The molecule has 3 heteroatoms. The van der Waals surface area contributed by atoms with Crippen LogP contribution in [-0.4, -0.2) is 10.8 Å².